The smallest absolute Gasteiger partial charge is 0.260 e. The number of carbonyl (C=O) groups excluding carboxylic acids is 1. The van der Waals surface area contributed by atoms with E-state index < -0.39 is 5.91 Å². The second kappa shape index (κ2) is 5.59. The highest BCUT2D eigenvalue weighted by Crippen LogP contribution is 2.23. The van der Waals surface area contributed by atoms with E-state index in [1.165, 1.54) is 18.2 Å². The summed E-state index contributed by atoms with van der Waals surface area (Å²) in [4.78, 5) is 16.1. The number of phenolic OH excluding ortho intramolecular Hbond substituents is 1. The molecule has 2 rings (SSSR count). The number of hydrogen-bond donors (Lipinski definition) is 2. The van der Waals surface area contributed by atoms with Crippen molar-refractivity contribution in [1.82, 2.24) is 4.98 Å². The Balaban J connectivity index is 2.25. The number of halogens is 2. The summed E-state index contributed by atoms with van der Waals surface area (Å²) in [5.74, 6) is -0.185. The molecule has 98 valence electrons. The third-order valence-electron chi connectivity index (χ3n) is 2.49. The Morgan fingerprint density at radius 2 is 2.16 bits per heavy atom. The molecule has 1 heterocycles. The van der Waals surface area contributed by atoms with Gasteiger partial charge < -0.3 is 10.4 Å². The van der Waals surface area contributed by atoms with E-state index in [0.29, 0.717) is 10.8 Å². The maximum absolute atomic E-state index is 12.0. The zero-order chi connectivity index (χ0) is 14.0. The van der Waals surface area contributed by atoms with E-state index in [0.717, 1.165) is 10.0 Å². The van der Waals surface area contributed by atoms with Crippen LogP contribution in [0.4, 0.5) is 5.82 Å². The van der Waals surface area contributed by atoms with Crippen LogP contribution in [0.25, 0.3) is 0 Å². The van der Waals surface area contributed by atoms with Crippen LogP contribution in [0.3, 0.4) is 0 Å². The van der Waals surface area contributed by atoms with Crippen LogP contribution in [-0.4, -0.2) is 16.0 Å². The Hall–Kier alpha value is -1.59. The predicted octanol–water partition coefficient (Wildman–Crippen LogP) is 3.76. The molecular formula is C13H10BrClN2O2. The number of nitrogens with one attached hydrogen (secondary N) is 1. The van der Waals surface area contributed by atoms with Gasteiger partial charge in [0.05, 0.1) is 5.56 Å². The van der Waals surface area contributed by atoms with E-state index in [2.05, 4.69) is 26.2 Å². The highest BCUT2D eigenvalue weighted by atomic mass is 79.9. The van der Waals surface area contributed by atoms with Crippen molar-refractivity contribution in [3.05, 3.63) is 51.1 Å². The number of amides is 1. The average Bonchev–Trinajstić information content (AvgIpc) is 2.36. The lowest BCUT2D eigenvalue weighted by atomic mass is 10.2. The molecule has 1 aromatic heterocycles. The van der Waals surface area contributed by atoms with Gasteiger partial charge in [0.1, 0.15) is 11.6 Å². The number of aromatic hydroxyl groups is 1. The van der Waals surface area contributed by atoms with Gasteiger partial charge in [-0.3, -0.25) is 4.79 Å². The van der Waals surface area contributed by atoms with Crippen molar-refractivity contribution in [2.24, 2.45) is 0 Å². The lowest BCUT2D eigenvalue weighted by Crippen LogP contribution is -2.13. The predicted molar refractivity (Wildman–Crippen MR) is 77.7 cm³/mol. The van der Waals surface area contributed by atoms with E-state index in [9.17, 15) is 9.90 Å². The summed E-state index contributed by atoms with van der Waals surface area (Å²) in [6, 6.07) is 6.01. The monoisotopic (exact) mass is 340 g/mol. The second-order valence-electron chi connectivity index (χ2n) is 3.93. The zero-order valence-electron chi connectivity index (χ0n) is 9.95. The number of pyridine rings is 1. The van der Waals surface area contributed by atoms with Crippen molar-refractivity contribution < 1.29 is 9.90 Å². The van der Waals surface area contributed by atoms with Gasteiger partial charge in [-0.25, -0.2) is 4.98 Å². The first kappa shape index (κ1) is 13.8. The maximum atomic E-state index is 12.0. The molecule has 0 aliphatic rings. The Morgan fingerprint density at radius 3 is 2.84 bits per heavy atom. The Kier molecular flexibility index (Phi) is 4.07. The quantitative estimate of drug-likeness (QED) is 0.874. The maximum Gasteiger partial charge on any atom is 0.260 e. The largest absolute Gasteiger partial charge is 0.507 e. The van der Waals surface area contributed by atoms with Gasteiger partial charge in [0, 0.05) is 15.7 Å². The van der Waals surface area contributed by atoms with Crippen LogP contribution in [0.1, 0.15) is 15.9 Å². The minimum Gasteiger partial charge on any atom is -0.507 e. The molecule has 2 N–H and O–H groups in total. The van der Waals surface area contributed by atoms with Crippen LogP contribution in [0.2, 0.25) is 5.02 Å². The Labute approximate surface area is 123 Å². The lowest BCUT2D eigenvalue weighted by molar-refractivity contribution is 0.102. The van der Waals surface area contributed by atoms with Gasteiger partial charge in [-0.2, -0.15) is 0 Å². The third-order valence-corrected chi connectivity index (χ3v) is 3.56. The summed E-state index contributed by atoms with van der Waals surface area (Å²) in [6.45, 7) is 1.89. The van der Waals surface area contributed by atoms with Crippen LogP contribution in [0.5, 0.6) is 5.75 Å². The van der Waals surface area contributed by atoms with Crippen molar-refractivity contribution in [3.63, 3.8) is 0 Å². The van der Waals surface area contributed by atoms with Gasteiger partial charge in [0.15, 0.2) is 0 Å². The summed E-state index contributed by atoms with van der Waals surface area (Å²) < 4.78 is 0.858. The minimum atomic E-state index is -0.464. The third kappa shape index (κ3) is 3.24. The van der Waals surface area contributed by atoms with Crippen LogP contribution in [0.15, 0.2) is 34.9 Å². The highest BCUT2D eigenvalue weighted by Gasteiger charge is 2.12. The number of benzene rings is 1. The number of aromatic nitrogens is 1. The van der Waals surface area contributed by atoms with Gasteiger partial charge in [0.25, 0.3) is 5.91 Å². The molecule has 0 aliphatic carbocycles. The molecule has 0 aliphatic heterocycles. The summed E-state index contributed by atoms with van der Waals surface area (Å²) in [5, 5.41) is 12.6. The number of phenols is 1. The average molecular weight is 342 g/mol. The number of aryl methyl sites for hydroxylation is 1. The summed E-state index contributed by atoms with van der Waals surface area (Å²) in [7, 11) is 0. The molecule has 6 heteroatoms. The van der Waals surface area contributed by atoms with E-state index in [1.54, 1.807) is 12.3 Å². The van der Waals surface area contributed by atoms with Gasteiger partial charge >= 0.3 is 0 Å². The minimum absolute atomic E-state index is 0.106. The first-order chi connectivity index (χ1) is 8.97. The fraction of sp³-hybridized carbons (Fsp3) is 0.0769. The fourth-order valence-corrected chi connectivity index (χ4v) is 1.87. The van der Waals surface area contributed by atoms with Gasteiger partial charge in [-0.05, 0) is 52.7 Å². The highest BCUT2D eigenvalue weighted by molar-refractivity contribution is 9.10. The molecule has 1 aromatic carbocycles. The van der Waals surface area contributed by atoms with Crippen molar-refractivity contribution in [1.29, 1.82) is 0 Å². The molecule has 4 nitrogen and oxygen atoms in total. The number of anilines is 1. The van der Waals surface area contributed by atoms with Crippen molar-refractivity contribution in [2.75, 3.05) is 5.32 Å². The molecule has 1 amide bonds. The zero-order valence-corrected chi connectivity index (χ0v) is 12.3. The molecular weight excluding hydrogens is 332 g/mol. The number of hydrogen-bond acceptors (Lipinski definition) is 3. The van der Waals surface area contributed by atoms with Gasteiger partial charge in [-0.1, -0.05) is 11.6 Å². The van der Waals surface area contributed by atoms with Crippen molar-refractivity contribution in [2.45, 2.75) is 6.92 Å². The normalized spacial score (nSPS) is 10.3. The summed E-state index contributed by atoms with van der Waals surface area (Å²) >= 11 is 9.13. The first-order valence-electron chi connectivity index (χ1n) is 5.39. The Morgan fingerprint density at radius 1 is 1.42 bits per heavy atom. The molecule has 0 spiro atoms. The lowest BCUT2D eigenvalue weighted by Gasteiger charge is -2.07. The van der Waals surface area contributed by atoms with Crippen LogP contribution in [-0.2, 0) is 0 Å². The molecule has 0 radical (unpaired) electrons. The molecule has 0 atom stereocenters. The van der Waals surface area contributed by atoms with E-state index >= 15 is 0 Å². The first-order valence-corrected chi connectivity index (χ1v) is 6.56. The standard InChI is InChI=1S/C13H10BrClN2O2/c1-7-4-12(16-6-10(7)14)17-13(19)9-5-8(15)2-3-11(9)18/h2-6,18H,1H3,(H,16,17,19). The van der Waals surface area contributed by atoms with Gasteiger partial charge in [-0.15, -0.1) is 0 Å². The molecule has 2 aromatic rings. The van der Waals surface area contributed by atoms with Crippen molar-refractivity contribution in [3.8, 4) is 5.75 Å². The van der Waals surface area contributed by atoms with Crippen LogP contribution < -0.4 is 5.32 Å². The second-order valence-corrected chi connectivity index (χ2v) is 5.23. The summed E-state index contributed by atoms with van der Waals surface area (Å²) in [5.41, 5.74) is 1.05. The fourth-order valence-electron chi connectivity index (χ4n) is 1.48. The van der Waals surface area contributed by atoms with Crippen molar-refractivity contribution >= 4 is 39.3 Å². The molecule has 0 bridgehead atoms. The van der Waals surface area contributed by atoms with E-state index in [4.69, 9.17) is 11.6 Å². The van der Waals surface area contributed by atoms with E-state index in [1.807, 2.05) is 6.92 Å². The summed E-state index contributed by atoms with van der Waals surface area (Å²) in [6.07, 6.45) is 1.60. The molecule has 19 heavy (non-hydrogen) atoms. The molecule has 0 saturated carbocycles. The van der Waals surface area contributed by atoms with Crippen LogP contribution >= 0.6 is 27.5 Å². The van der Waals surface area contributed by atoms with Crippen LogP contribution in [0, 0.1) is 6.92 Å². The van der Waals surface area contributed by atoms with Gasteiger partial charge in [0.2, 0.25) is 0 Å². The Bertz CT molecular complexity index is 647. The SMILES string of the molecule is Cc1cc(NC(=O)c2cc(Cl)ccc2O)ncc1Br. The molecule has 0 saturated heterocycles. The molecule has 0 fully saturated rings. The number of rotatable bonds is 2. The topological polar surface area (TPSA) is 62.2 Å². The molecule has 0 unspecified atom stereocenters. The number of carbonyl (C=O) groups is 1. The van der Waals surface area contributed by atoms with E-state index in [-0.39, 0.29) is 11.3 Å². The number of nitrogens with zero attached hydrogens (tertiary/aromatic N) is 1.